The van der Waals surface area contributed by atoms with Crippen LogP contribution in [0.15, 0.2) is 24.3 Å². The van der Waals surface area contributed by atoms with E-state index in [1.165, 1.54) is 5.56 Å². The molecule has 0 atom stereocenters. The number of nitrogens with zero attached hydrogens (tertiary/aromatic N) is 3. The van der Waals surface area contributed by atoms with Gasteiger partial charge in [0.1, 0.15) is 5.69 Å². The van der Waals surface area contributed by atoms with Crippen LogP contribution in [-0.4, -0.2) is 20.1 Å². The maximum atomic E-state index is 9.23. The summed E-state index contributed by atoms with van der Waals surface area (Å²) >= 11 is 0. The molecule has 1 N–H and O–H groups in total. The Morgan fingerprint density at radius 1 is 1.25 bits per heavy atom. The van der Waals surface area contributed by atoms with E-state index < -0.39 is 0 Å². The van der Waals surface area contributed by atoms with Crippen molar-refractivity contribution in [2.24, 2.45) is 0 Å². The Hall–Kier alpha value is -1.68. The van der Waals surface area contributed by atoms with Crippen molar-refractivity contribution in [3.8, 4) is 11.3 Å². The number of aryl methyl sites for hydroxylation is 2. The third-order valence-corrected chi connectivity index (χ3v) is 2.58. The number of hydrogen-bond donors (Lipinski definition) is 1. The zero-order valence-electron chi connectivity index (χ0n) is 9.51. The second-order valence-corrected chi connectivity index (χ2v) is 3.72. The van der Waals surface area contributed by atoms with Gasteiger partial charge in [-0.3, -0.25) is 0 Å². The topological polar surface area (TPSA) is 50.9 Å². The molecular weight excluding hydrogens is 202 g/mol. The first-order chi connectivity index (χ1) is 7.76. The molecule has 16 heavy (non-hydrogen) atoms. The SMILES string of the molecule is CCn1nnc(CO)c1-c1ccc(C)cc1. The minimum absolute atomic E-state index is 0.0801. The van der Waals surface area contributed by atoms with Crippen molar-refractivity contribution < 1.29 is 5.11 Å². The number of aromatic nitrogens is 3. The minimum atomic E-state index is -0.0801. The molecule has 0 bridgehead atoms. The average Bonchev–Trinajstić information content (AvgIpc) is 2.73. The predicted octanol–water partition coefficient (Wildman–Crippen LogP) is 1.77. The lowest BCUT2D eigenvalue weighted by Gasteiger charge is -2.05. The van der Waals surface area contributed by atoms with Crippen LogP contribution in [0, 0.1) is 6.92 Å². The maximum Gasteiger partial charge on any atom is 0.116 e. The van der Waals surface area contributed by atoms with Crippen molar-refractivity contribution in [3.63, 3.8) is 0 Å². The minimum Gasteiger partial charge on any atom is -0.390 e. The molecule has 2 rings (SSSR count). The van der Waals surface area contributed by atoms with E-state index in [1.807, 2.05) is 38.1 Å². The molecule has 0 aliphatic carbocycles. The van der Waals surface area contributed by atoms with Gasteiger partial charge in [0.15, 0.2) is 0 Å². The zero-order valence-corrected chi connectivity index (χ0v) is 9.51. The van der Waals surface area contributed by atoms with E-state index in [1.54, 1.807) is 4.68 Å². The summed E-state index contributed by atoms with van der Waals surface area (Å²) in [7, 11) is 0. The third kappa shape index (κ3) is 1.84. The van der Waals surface area contributed by atoms with Crippen molar-refractivity contribution in [1.82, 2.24) is 15.0 Å². The molecule has 0 saturated heterocycles. The molecule has 2 aromatic rings. The number of aliphatic hydroxyl groups excluding tert-OH is 1. The van der Waals surface area contributed by atoms with Crippen molar-refractivity contribution >= 4 is 0 Å². The van der Waals surface area contributed by atoms with Crippen LogP contribution in [-0.2, 0) is 13.2 Å². The van der Waals surface area contributed by atoms with Crippen LogP contribution in [0.2, 0.25) is 0 Å². The van der Waals surface area contributed by atoms with Crippen molar-refractivity contribution in [3.05, 3.63) is 35.5 Å². The molecule has 0 unspecified atom stereocenters. The van der Waals surface area contributed by atoms with Crippen LogP contribution in [0.1, 0.15) is 18.2 Å². The maximum absolute atomic E-state index is 9.23. The lowest BCUT2D eigenvalue weighted by Crippen LogP contribution is -2.00. The largest absolute Gasteiger partial charge is 0.390 e. The predicted molar refractivity (Wildman–Crippen MR) is 61.8 cm³/mol. The average molecular weight is 217 g/mol. The second-order valence-electron chi connectivity index (χ2n) is 3.72. The molecule has 0 radical (unpaired) electrons. The summed E-state index contributed by atoms with van der Waals surface area (Å²) in [6.45, 7) is 4.72. The number of hydrogen-bond acceptors (Lipinski definition) is 3. The fourth-order valence-corrected chi connectivity index (χ4v) is 1.70. The molecule has 0 amide bonds. The van der Waals surface area contributed by atoms with Gasteiger partial charge < -0.3 is 5.11 Å². The molecule has 0 saturated carbocycles. The highest BCUT2D eigenvalue weighted by molar-refractivity contribution is 5.62. The standard InChI is InChI=1S/C12H15N3O/c1-3-15-12(11(8-16)13-14-15)10-6-4-9(2)5-7-10/h4-7,16H,3,8H2,1-2H3. The van der Waals surface area contributed by atoms with E-state index in [-0.39, 0.29) is 6.61 Å². The first-order valence-corrected chi connectivity index (χ1v) is 5.36. The van der Waals surface area contributed by atoms with Gasteiger partial charge in [0.25, 0.3) is 0 Å². The molecule has 4 nitrogen and oxygen atoms in total. The normalized spacial score (nSPS) is 10.7. The molecule has 1 heterocycles. The van der Waals surface area contributed by atoms with Gasteiger partial charge in [-0.25, -0.2) is 4.68 Å². The van der Waals surface area contributed by atoms with Crippen molar-refractivity contribution in [2.45, 2.75) is 27.0 Å². The molecule has 0 aliphatic rings. The number of rotatable bonds is 3. The molecule has 1 aromatic carbocycles. The fraction of sp³-hybridized carbons (Fsp3) is 0.333. The summed E-state index contributed by atoms with van der Waals surface area (Å²) in [4.78, 5) is 0. The quantitative estimate of drug-likeness (QED) is 0.852. The lowest BCUT2D eigenvalue weighted by molar-refractivity contribution is 0.277. The lowest BCUT2D eigenvalue weighted by atomic mass is 10.1. The summed E-state index contributed by atoms with van der Waals surface area (Å²) in [5, 5.41) is 17.2. The van der Waals surface area contributed by atoms with Crippen LogP contribution >= 0.6 is 0 Å². The molecule has 0 spiro atoms. The first kappa shape index (κ1) is 10.8. The third-order valence-electron chi connectivity index (χ3n) is 2.58. The van der Waals surface area contributed by atoms with Crippen LogP contribution in [0.5, 0.6) is 0 Å². The number of aliphatic hydroxyl groups is 1. The molecule has 4 heteroatoms. The highest BCUT2D eigenvalue weighted by atomic mass is 16.3. The molecule has 84 valence electrons. The van der Waals surface area contributed by atoms with Crippen LogP contribution < -0.4 is 0 Å². The molecule has 0 fully saturated rings. The Kier molecular flexibility index (Phi) is 3.01. The fourth-order valence-electron chi connectivity index (χ4n) is 1.70. The van der Waals surface area contributed by atoms with Gasteiger partial charge in [0, 0.05) is 12.1 Å². The molecular formula is C12H15N3O. The van der Waals surface area contributed by atoms with E-state index in [0.717, 1.165) is 17.8 Å². The van der Waals surface area contributed by atoms with Gasteiger partial charge in [-0.1, -0.05) is 35.0 Å². The Morgan fingerprint density at radius 2 is 1.94 bits per heavy atom. The summed E-state index contributed by atoms with van der Waals surface area (Å²) < 4.78 is 1.80. The Morgan fingerprint density at radius 3 is 2.50 bits per heavy atom. The Labute approximate surface area is 94.5 Å². The van der Waals surface area contributed by atoms with Crippen LogP contribution in [0.3, 0.4) is 0 Å². The smallest absolute Gasteiger partial charge is 0.116 e. The van der Waals surface area contributed by atoms with E-state index >= 15 is 0 Å². The highest BCUT2D eigenvalue weighted by Gasteiger charge is 2.12. The van der Waals surface area contributed by atoms with Gasteiger partial charge in [-0.05, 0) is 13.8 Å². The number of benzene rings is 1. The summed E-state index contributed by atoms with van der Waals surface area (Å²) in [6.07, 6.45) is 0. The Balaban J connectivity index is 2.52. The highest BCUT2D eigenvalue weighted by Crippen LogP contribution is 2.22. The van der Waals surface area contributed by atoms with Crippen molar-refractivity contribution in [2.75, 3.05) is 0 Å². The second kappa shape index (κ2) is 4.45. The monoisotopic (exact) mass is 217 g/mol. The van der Waals surface area contributed by atoms with Gasteiger partial charge in [-0.15, -0.1) is 5.10 Å². The van der Waals surface area contributed by atoms with E-state index in [9.17, 15) is 5.11 Å². The van der Waals surface area contributed by atoms with E-state index in [2.05, 4.69) is 10.3 Å². The first-order valence-electron chi connectivity index (χ1n) is 5.36. The molecule has 1 aromatic heterocycles. The summed E-state index contributed by atoms with van der Waals surface area (Å²) in [5.74, 6) is 0. The van der Waals surface area contributed by atoms with Crippen LogP contribution in [0.4, 0.5) is 0 Å². The van der Waals surface area contributed by atoms with E-state index in [0.29, 0.717) is 5.69 Å². The van der Waals surface area contributed by atoms with Crippen LogP contribution in [0.25, 0.3) is 11.3 Å². The van der Waals surface area contributed by atoms with Gasteiger partial charge in [-0.2, -0.15) is 0 Å². The van der Waals surface area contributed by atoms with E-state index in [4.69, 9.17) is 0 Å². The summed E-state index contributed by atoms with van der Waals surface area (Å²) in [5.41, 5.74) is 3.79. The van der Waals surface area contributed by atoms with Crippen molar-refractivity contribution in [1.29, 1.82) is 0 Å². The van der Waals surface area contributed by atoms with Gasteiger partial charge >= 0.3 is 0 Å². The van der Waals surface area contributed by atoms with Gasteiger partial charge in [0.2, 0.25) is 0 Å². The Bertz CT molecular complexity index is 452. The zero-order chi connectivity index (χ0) is 11.5. The summed E-state index contributed by atoms with van der Waals surface area (Å²) in [6, 6.07) is 8.14. The molecule has 0 aliphatic heterocycles. The van der Waals surface area contributed by atoms with Gasteiger partial charge in [0.05, 0.1) is 12.3 Å².